The number of rotatable bonds is 5. The number of benzene rings is 1. The second-order valence-corrected chi connectivity index (χ2v) is 10.4. The van der Waals surface area contributed by atoms with E-state index in [9.17, 15) is 21.6 Å². The minimum absolute atomic E-state index is 0.0270. The van der Waals surface area contributed by atoms with Crippen molar-refractivity contribution in [3.8, 4) is 5.88 Å². The predicted octanol–water partition coefficient (Wildman–Crippen LogP) is 3.15. The van der Waals surface area contributed by atoms with Crippen LogP contribution in [0.2, 0.25) is 0 Å². The van der Waals surface area contributed by atoms with Gasteiger partial charge in [0.25, 0.3) is 0 Å². The lowest BCUT2D eigenvalue weighted by atomic mass is 10.1. The fourth-order valence-corrected chi connectivity index (χ4v) is 5.56. The first-order chi connectivity index (χ1) is 15.0. The van der Waals surface area contributed by atoms with E-state index in [2.05, 4.69) is 14.9 Å². The van der Waals surface area contributed by atoms with Crippen molar-refractivity contribution in [1.82, 2.24) is 19.2 Å². The zero-order chi connectivity index (χ0) is 23.1. The zero-order valence-corrected chi connectivity index (χ0v) is 18.6. The Morgan fingerprint density at radius 3 is 2.38 bits per heavy atom. The Balaban J connectivity index is 1.40. The quantitative estimate of drug-likeness (QED) is 0.669. The van der Waals surface area contributed by atoms with Gasteiger partial charge in [-0.15, -0.1) is 0 Å². The van der Waals surface area contributed by atoms with Crippen molar-refractivity contribution >= 4 is 10.0 Å². The molecule has 0 unspecified atom stereocenters. The third-order valence-corrected chi connectivity index (χ3v) is 7.77. The van der Waals surface area contributed by atoms with E-state index < -0.39 is 21.8 Å². The Labute approximate surface area is 185 Å². The van der Waals surface area contributed by atoms with Crippen LogP contribution >= 0.6 is 0 Å². The van der Waals surface area contributed by atoms with Gasteiger partial charge in [0, 0.05) is 38.6 Å². The van der Waals surface area contributed by atoms with Crippen LogP contribution in [-0.2, 0) is 16.2 Å². The Morgan fingerprint density at radius 2 is 1.78 bits per heavy atom. The molecule has 32 heavy (non-hydrogen) atoms. The molecule has 0 N–H and O–H groups in total. The monoisotopic (exact) mass is 470 g/mol. The molecule has 1 aromatic heterocycles. The second-order valence-electron chi connectivity index (χ2n) is 8.44. The molecule has 1 aromatic carbocycles. The van der Waals surface area contributed by atoms with Crippen LogP contribution in [0.25, 0.3) is 0 Å². The highest BCUT2D eigenvalue weighted by Crippen LogP contribution is 2.31. The molecule has 3 heterocycles. The van der Waals surface area contributed by atoms with Crippen LogP contribution in [0, 0.1) is 0 Å². The molecule has 0 spiro atoms. The average molecular weight is 471 g/mol. The normalized spacial score (nSPS) is 22.8. The van der Waals surface area contributed by atoms with E-state index >= 15 is 0 Å². The average Bonchev–Trinajstić information content (AvgIpc) is 3.15. The molecule has 4 rings (SSSR count). The van der Waals surface area contributed by atoms with Crippen molar-refractivity contribution in [2.75, 3.05) is 26.2 Å². The molecule has 7 nitrogen and oxygen atoms in total. The first kappa shape index (κ1) is 22.9. The first-order valence-electron chi connectivity index (χ1n) is 10.4. The maximum absolute atomic E-state index is 13.0. The Hall–Kier alpha value is -2.24. The van der Waals surface area contributed by atoms with Gasteiger partial charge in [-0.1, -0.05) is 13.8 Å². The van der Waals surface area contributed by atoms with Crippen LogP contribution < -0.4 is 4.74 Å². The summed E-state index contributed by atoms with van der Waals surface area (Å²) in [5, 5.41) is 0. The molecular formula is C21H25F3N4O3S. The van der Waals surface area contributed by atoms with Gasteiger partial charge in [0.15, 0.2) is 0 Å². The molecule has 0 saturated carbocycles. The Bertz CT molecular complexity index is 1040. The van der Waals surface area contributed by atoms with Crippen molar-refractivity contribution in [1.29, 1.82) is 0 Å². The molecule has 0 amide bonds. The van der Waals surface area contributed by atoms with E-state index in [-0.39, 0.29) is 36.0 Å². The smallest absolute Gasteiger partial charge is 0.416 e. The van der Waals surface area contributed by atoms with Crippen molar-refractivity contribution in [3.63, 3.8) is 0 Å². The largest absolute Gasteiger partial charge is 0.472 e. The molecule has 2 aliphatic heterocycles. The van der Waals surface area contributed by atoms with E-state index in [0.717, 1.165) is 30.0 Å². The van der Waals surface area contributed by atoms with Gasteiger partial charge in [-0.05, 0) is 30.2 Å². The standard InChI is InChI=1S/C21H25F3N4O3S/c1-14(2)19-10-26-20(11-25-19)31-17-9-16-12-28(8-7-27(16)13-17)32(29,30)18-5-3-15(4-6-18)21(22,23)24/h3-6,10-11,14,16-17H,7-9,12-13H2,1-2H3/t16-,17+/m0/s1. The molecule has 0 bridgehead atoms. The second kappa shape index (κ2) is 8.60. The molecule has 2 aromatic rings. The molecular weight excluding hydrogens is 445 g/mol. The summed E-state index contributed by atoms with van der Waals surface area (Å²) in [6.45, 7) is 5.79. The van der Waals surface area contributed by atoms with Crippen LogP contribution in [0.15, 0.2) is 41.6 Å². The molecule has 2 fully saturated rings. The topological polar surface area (TPSA) is 75.6 Å². The van der Waals surface area contributed by atoms with Crippen LogP contribution in [-0.4, -0.2) is 65.9 Å². The number of piperazine rings is 1. The highest BCUT2D eigenvalue weighted by Gasteiger charge is 2.41. The third kappa shape index (κ3) is 4.74. The van der Waals surface area contributed by atoms with E-state index in [1.54, 1.807) is 12.4 Å². The zero-order valence-electron chi connectivity index (χ0n) is 17.8. The van der Waals surface area contributed by atoms with Crippen molar-refractivity contribution in [2.24, 2.45) is 0 Å². The Kier molecular flexibility index (Phi) is 6.17. The predicted molar refractivity (Wildman–Crippen MR) is 111 cm³/mol. The number of alkyl halides is 3. The summed E-state index contributed by atoms with van der Waals surface area (Å²) in [6, 6.07) is 3.61. The van der Waals surface area contributed by atoms with Gasteiger partial charge < -0.3 is 4.74 Å². The molecule has 2 atom stereocenters. The number of hydrogen-bond donors (Lipinski definition) is 0. The lowest BCUT2D eigenvalue weighted by Gasteiger charge is -2.36. The van der Waals surface area contributed by atoms with E-state index in [4.69, 9.17) is 4.74 Å². The van der Waals surface area contributed by atoms with Crippen LogP contribution in [0.1, 0.15) is 37.4 Å². The molecule has 11 heteroatoms. The fourth-order valence-electron chi connectivity index (χ4n) is 4.09. The summed E-state index contributed by atoms with van der Waals surface area (Å²) in [4.78, 5) is 10.7. The number of fused-ring (bicyclic) bond motifs is 1. The van der Waals surface area contributed by atoms with Crippen molar-refractivity contribution in [2.45, 2.75) is 49.4 Å². The summed E-state index contributed by atoms with van der Waals surface area (Å²) >= 11 is 0. The SMILES string of the molecule is CC(C)c1cnc(O[C@@H]2C[C@H]3CN(S(=O)(=O)c4ccc(C(F)(F)F)cc4)CCN3C2)cn1. The number of sulfonamides is 1. The van der Waals surface area contributed by atoms with Gasteiger partial charge in [-0.3, -0.25) is 9.88 Å². The summed E-state index contributed by atoms with van der Waals surface area (Å²) in [5.41, 5.74) is 0.00638. The molecule has 174 valence electrons. The van der Waals surface area contributed by atoms with E-state index in [1.165, 1.54) is 4.31 Å². The lowest BCUT2D eigenvalue weighted by Crippen LogP contribution is -2.51. The van der Waals surface area contributed by atoms with Gasteiger partial charge in [0.2, 0.25) is 15.9 Å². The Morgan fingerprint density at radius 1 is 1.06 bits per heavy atom. The highest BCUT2D eigenvalue weighted by atomic mass is 32.2. The molecule has 2 aliphatic rings. The van der Waals surface area contributed by atoms with Gasteiger partial charge in [0.1, 0.15) is 6.10 Å². The van der Waals surface area contributed by atoms with E-state index in [1.807, 2.05) is 13.8 Å². The van der Waals surface area contributed by atoms with Crippen LogP contribution in [0.4, 0.5) is 13.2 Å². The summed E-state index contributed by atoms with van der Waals surface area (Å²) in [6.07, 6.45) is -0.707. The summed E-state index contributed by atoms with van der Waals surface area (Å²) in [7, 11) is -3.88. The maximum atomic E-state index is 13.0. The lowest BCUT2D eigenvalue weighted by molar-refractivity contribution is -0.137. The van der Waals surface area contributed by atoms with E-state index in [0.29, 0.717) is 25.4 Å². The number of ether oxygens (including phenoxy) is 1. The number of aromatic nitrogens is 2. The van der Waals surface area contributed by atoms with Gasteiger partial charge in [0.05, 0.1) is 28.5 Å². The van der Waals surface area contributed by atoms with Gasteiger partial charge >= 0.3 is 6.18 Å². The summed E-state index contributed by atoms with van der Waals surface area (Å²) in [5.74, 6) is 0.711. The maximum Gasteiger partial charge on any atom is 0.416 e. The number of nitrogens with zero attached hydrogens (tertiary/aromatic N) is 4. The molecule has 0 radical (unpaired) electrons. The van der Waals surface area contributed by atoms with Crippen molar-refractivity contribution < 1.29 is 26.3 Å². The first-order valence-corrected chi connectivity index (χ1v) is 11.9. The molecule has 0 aliphatic carbocycles. The summed E-state index contributed by atoms with van der Waals surface area (Å²) < 4.78 is 71.6. The number of hydrogen-bond acceptors (Lipinski definition) is 6. The number of halogens is 3. The minimum atomic E-state index is -4.51. The van der Waals surface area contributed by atoms with Gasteiger partial charge in [-0.2, -0.15) is 17.5 Å². The minimum Gasteiger partial charge on any atom is -0.472 e. The van der Waals surface area contributed by atoms with Crippen molar-refractivity contribution in [3.05, 3.63) is 47.9 Å². The van der Waals surface area contributed by atoms with Gasteiger partial charge in [-0.25, -0.2) is 13.4 Å². The fraction of sp³-hybridized carbons (Fsp3) is 0.524. The van der Waals surface area contributed by atoms with Crippen LogP contribution in [0.3, 0.4) is 0 Å². The van der Waals surface area contributed by atoms with Crippen LogP contribution in [0.5, 0.6) is 5.88 Å². The highest BCUT2D eigenvalue weighted by molar-refractivity contribution is 7.89. The molecule has 2 saturated heterocycles. The third-order valence-electron chi connectivity index (χ3n) is 5.89.